The zero-order valence-corrected chi connectivity index (χ0v) is 19.5. The Morgan fingerprint density at radius 1 is 1.12 bits per heavy atom. The highest BCUT2D eigenvalue weighted by Gasteiger charge is 2.23. The molecule has 0 unspecified atom stereocenters. The molecule has 1 aliphatic rings. The first-order chi connectivity index (χ1) is 15.9. The molecule has 1 aliphatic heterocycles. The summed E-state index contributed by atoms with van der Waals surface area (Å²) >= 11 is 0. The summed E-state index contributed by atoms with van der Waals surface area (Å²) in [5.74, 6) is 1.12. The van der Waals surface area contributed by atoms with Crippen molar-refractivity contribution in [1.82, 2.24) is 19.9 Å². The number of rotatable bonds is 9. The van der Waals surface area contributed by atoms with E-state index in [1.54, 1.807) is 12.1 Å². The van der Waals surface area contributed by atoms with Gasteiger partial charge in [0.05, 0.1) is 30.3 Å². The predicted octanol–water partition coefficient (Wildman–Crippen LogP) is 4.40. The number of hydrogen-bond acceptors (Lipinski definition) is 6. The molecule has 1 fully saturated rings. The van der Waals surface area contributed by atoms with Crippen molar-refractivity contribution in [2.24, 2.45) is 5.92 Å². The molecule has 0 spiro atoms. The number of carboxylic acid groups (broad SMARTS) is 1. The molecule has 1 saturated heterocycles. The molecule has 0 atom stereocenters. The summed E-state index contributed by atoms with van der Waals surface area (Å²) < 4.78 is 13.7. The summed E-state index contributed by atoms with van der Waals surface area (Å²) in [5.41, 5.74) is 2.95. The highest BCUT2D eigenvalue weighted by molar-refractivity contribution is 5.92. The molecule has 0 radical (unpaired) electrons. The number of hydrogen-bond donors (Lipinski definition) is 1. The van der Waals surface area contributed by atoms with Crippen LogP contribution in [0.1, 0.15) is 55.6 Å². The SMILES string of the molecule is CCOc1cc(CN2CCC(n3nnc4cc(C(=O)O)ccc43)CC2)ccc1OCC(C)C. The summed E-state index contributed by atoms with van der Waals surface area (Å²) in [5, 5.41) is 17.7. The second-order valence-corrected chi connectivity index (χ2v) is 8.97. The lowest BCUT2D eigenvalue weighted by Gasteiger charge is -2.32. The molecule has 0 bridgehead atoms. The second-order valence-electron chi connectivity index (χ2n) is 8.97. The van der Waals surface area contributed by atoms with Crippen molar-refractivity contribution in [1.29, 1.82) is 0 Å². The van der Waals surface area contributed by atoms with Gasteiger partial charge in [0.2, 0.25) is 0 Å². The van der Waals surface area contributed by atoms with Crippen molar-refractivity contribution in [3.8, 4) is 11.5 Å². The Bertz CT molecular complexity index is 1100. The number of carbonyl (C=O) groups is 1. The maximum absolute atomic E-state index is 11.2. The largest absolute Gasteiger partial charge is 0.490 e. The Hall–Kier alpha value is -3.13. The van der Waals surface area contributed by atoms with Crippen molar-refractivity contribution in [2.75, 3.05) is 26.3 Å². The summed E-state index contributed by atoms with van der Waals surface area (Å²) in [4.78, 5) is 13.6. The average Bonchev–Trinajstić information content (AvgIpc) is 3.22. The molecule has 1 aromatic heterocycles. The summed E-state index contributed by atoms with van der Waals surface area (Å²) in [6.07, 6.45) is 1.93. The number of nitrogens with zero attached hydrogens (tertiary/aromatic N) is 4. The maximum atomic E-state index is 11.2. The van der Waals surface area contributed by atoms with Gasteiger partial charge in [-0.3, -0.25) is 4.90 Å². The van der Waals surface area contributed by atoms with Crippen LogP contribution < -0.4 is 9.47 Å². The van der Waals surface area contributed by atoms with Crippen molar-refractivity contribution < 1.29 is 19.4 Å². The minimum atomic E-state index is -0.952. The summed E-state index contributed by atoms with van der Waals surface area (Å²) in [7, 11) is 0. The number of fused-ring (bicyclic) bond motifs is 1. The number of carboxylic acids is 1. The highest BCUT2D eigenvalue weighted by atomic mass is 16.5. The molecule has 2 heterocycles. The molecule has 4 rings (SSSR count). The predicted molar refractivity (Wildman–Crippen MR) is 126 cm³/mol. The van der Waals surface area contributed by atoms with Crippen molar-refractivity contribution in [3.05, 3.63) is 47.5 Å². The minimum Gasteiger partial charge on any atom is -0.490 e. The van der Waals surface area contributed by atoms with Crippen LogP contribution >= 0.6 is 0 Å². The first kappa shape index (κ1) is 23.0. The van der Waals surface area contributed by atoms with E-state index in [9.17, 15) is 9.90 Å². The molecule has 2 aromatic carbocycles. The van der Waals surface area contributed by atoms with Gasteiger partial charge in [-0.15, -0.1) is 5.10 Å². The molecule has 3 aromatic rings. The molecule has 176 valence electrons. The van der Waals surface area contributed by atoms with E-state index in [0.717, 1.165) is 49.5 Å². The third-order valence-electron chi connectivity index (χ3n) is 5.91. The van der Waals surface area contributed by atoms with Gasteiger partial charge in [0.15, 0.2) is 11.5 Å². The number of ether oxygens (including phenoxy) is 2. The van der Waals surface area contributed by atoms with Gasteiger partial charge in [-0.25, -0.2) is 9.48 Å². The number of aromatic carboxylic acids is 1. The lowest BCUT2D eigenvalue weighted by molar-refractivity contribution is 0.0697. The van der Waals surface area contributed by atoms with E-state index in [4.69, 9.17) is 9.47 Å². The van der Waals surface area contributed by atoms with Gasteiger partial charge in [0.1, 0.15) is 5.52 Å². The van der Waals surface area contributed by atoms with E-state index in [0.29, 0.717) is 24.6 Å². The third kappa shape index (κ3) is 5.45. The Kier molecular flexibility index (Phi) is 7.13. The number of likely N-dealkylation sites (tertiary alicyclic amines) is 1. The van der Waals surface area contributed by atoms with Crippen molar-refractivity contribution in [3.63, 3.8) is 0 Å². The van der Waals surface area contributed by atoms with Gasteiger partial charge in [0, 0.05) is 19.6 Å². The first-order valence-electron chi connectivity index (χ1n) is 11.6. The molecule has 0 saturated carbocycles. The van der Waals surface area contributed by atoms with Crippen LogP contribution in [0.5, 0.6) is 11.5 Å². The summed E-state index contributed by atoms with van der Waals surface area (Å²) in [6.45, 7) is 10.3. The van der Waals surface area contributed by atoms with Crippen LogP contribution in [0.4, 0.5) is 0 Å². The fourth-order valence-electron chi connectivity index (χ4n) is 4.22. The van der Waals surface area contributed by atoms with Crippen LogP contribution in [0.2, 0.25) is 0 Å². The molecular weight excluding hydrogens is 420 g/mol. The van der Waals surface area contributed by atoms with Gasteiger partial charge in [-0.1, -0.05) is 25.1 Å². The highest BCUT2D eigenvalue weighted by Crippen LogP contribution is 2.31. The molecule has 8 nitrogen and oxygen atoms in total. The molecule has 1 N–H and O–H groups in total. The number of aromatic nitrogens is 3. The normalized spacial score (nSPS) is 15.3. The van der Waals surface area contributed by atoms with E-state index >= 15 is 0 Å². The third-order valence-corrected chi connectivity index (χ3v) is 5.91. The standard InChI is InChI=1S/C25H32N4O4/c1-4-32-24-13-18(5-8-23(24)33-16-17(2)3)15-28-11-9-20(10-12-28)29-22-7-6-19(25(30)31)14-21(22)26-27-29/h5-8,13-14,17,20H,4,9-12,15-16H2,1-3H3,(H,30,31). The fraction of sp³-hybridized carbons (Fsp3) is 0.480. The zero-order valence-electron chi connectivity index (χ0n) is 19.5. The van der Waals surface area contributed by atoms with Gasteiger partial charge in [-0.05, 0) is 61.6 Å². The van der Waals surface area contributed by atoms with Crippen LogP contribution in [0, 0.1) is 5.92 Å². The zero-order chi connectivity index (χ0) is 23.4. The first-order valence-corrected chi connectivity index (χ1v) is 11.6. The molecule has 33 heavy (non-hydrogen) atoms. The lowest BCUT2D eigenvalue weighted by Crippen LogP contribution is -2.34. The van der Waals surface area contributed by atoms with E-state index < -0.39 is 5.97 Å². The molecular formula is C25H32N4O4. The topological polar surface area (TPSA) is 89.7 Å². The van der Waals surface area contributed by atoms with Crippen LogP contribution in [-0.4, -0.2) is 57.3 Å². The maximum Gasteiger partial charge on any atom is 0.335 e. The second kappa shape index (κ2) is 10.2. The van der Waals surface area contributed by atoms with Gasteiger partial charge >= 0.3 is 5.97 Å². The minimum absolute atomic E-state index is 0.233. The van der Waals surface area contributed by atoms with Crippen LogP contribution in [-0.2, 0) is 6.54 Å². The quantitative estimate of drug-likeness (QED) is 0.515. The van der Waals surface area contributed by atoms with Crippen LogP contribution in [0.15, 0.2) is 36.4 Å². The Morgan fingerprint density at radius 3 is 2.61 bits per heavy atom. The number of piperidine rings is 1. The Balaban J connectivity index is 1.39. The van der Waals surface area contributed by atoms with Crippen molar-refractivity contribution >= 4 is 17.0 Å². The summed E-state index contributed by atoms with van der Waals surface area (Å²) in [6, 6.07) is 11.5. The molecule has 0 aliphatic carbocycles. The monoisotopic (exact) mass is 452 g/mol. The van der Waals surface area contributed by atoms with E-state index in [-0.39, 0.29) is 11.6 Å². The average molecular weight is 453 g/mol. The van der Waals surface area contributed by atoms with Crippen LogP contribution in [0.25, 0.3) is 11.0 Å². The fourth-order valence-corrected chi connectivity index (χ4v) is 4.22. The molecule has 8 heteroatoms. The Morgan fingerprint density at radius 2 is 1.91 bits per heavy atom. The van der Waals surface area contributed by atoms with Gasteiger partial charge < -0.3 is 14.6 Å². The number of benzene rings is 2. The van der Waals surface area contributed by atoms with E-state index in [2.05, 4.69) is 41.2 Å². The van der Waals surface area contributed by atoms with Gasteiger partial charge in [-0.2, -0.15) is 0 Å². The smallest absolute Gasteiger partial charge is 0.335 e. The lowest BCUT2D eigenvalue weighted by atomic mass is 10.0. The van der Waals surface area contributed by atoms with Gasteiger partial charge in [0.25, 0.3) is 0 Å². The Labute approximate surface area is 194 Å². The van der Waals surface area contributed by atoms with Crippen LogP contribution in [0.3, 0.4) is 0 Å². The van der Waals surface area contributed by atoms with E-state index in [1.807, 2.05) is 23.7 Å². The molecule has 0 amide bonds. The van der Waals surface area contributed by atoms with E-state index in [1.165, 1.54) is 5.56 Å². The van der Waals surface area contributed by atoms with Crippen molar-refractivity contribution in [2.45, 2.75) is 46.2 Å².